The molecule has 0 bridgehead atoms. The van der Waals surface area contributed by atoms with E-state index >= 15 is 0 Å². The van der Waals surface area contributed by atoms with Crippen molar-refractivity contribution in [3.63, 3.8) is 0 Å². The molecule has 0 saturated carbocycles. The maximum atomic E-state index is 12.3. The molecule has 4 N–H and O–H groups in total. The number of urea groups is 1. The van der Waals surface area contributed by atoms with Gasteiger partial charge in [-0.2, -0.15) is 5.26 Å². The topological polar surface area (TPSA) is 108 Å². The lowest BCUT2D eigenvalue weighted by Gasteiger charge is -2.18. The number of benzene rings is 2. The summed E-state index contributed by atoms with van der Waals surface area (Å²) in [6.07, 6.45) is 0.362. The van der Waals surface area contributed by atoms with Gasteiger partial charge < -0.3 is 16.4 Å². The van der Waals surface area contributed by atoms with E-state index < -0.39 is 12.1 Å². The van der Waals surface area contributed by atoms with E-state index in [1.807, 2.05) is 24.3 Å². The molecule has 1 unspecified atom stereocenters. The van der Waals surface area contributed by atoms with Crippen molar-refractivity contribution in [2.75, 3.05) is 5.32 Å². The van der Waals surface area contributed by atoms with Gasteiger partial charge in [0.2, 0.25) is 5.91 Å². The van der Waals surface area contributed by atoms with Crippen molar-refractivity contribution in [2.45, 2.75) is 18.9 Å². The van der Waals surface area contributed by atoms with Crippen molar-refractivity contribution in [1.82, 2.24) is 5.32 Å². The molecule has 3 amide bonds. The highest BCUT2D eigenvalue weighted by Gasteiger charge is 2.18. The first-order chi connectivity index (χ1) is 12.0. The van der Waals surface area contributed by atoms with Gasteiger partial charge in [0.1, 0.15) is 0 Å². The maximum absolute atomic E-state index is 12.3. The van der Waals surface area contributed by atoms with Gasteiger partial charge in [0.25, 0.3) is 0 Å². The van der Waals surface area contributed by atoms with E-state index in [-0.39, 0.29) is 12.3 Å². The summed E-state index contributed by atoms with van der Waals surface area (Å²) in [7, 11) is 0. The number of nitrogens with zero attached hydrogens (tertiary/aromatic N) is 1. The number of hydrogen-bond donors (Lipinski definition) is 3. The summed E-state index contributed by atoms with van der Waals surface area (Å²) in [5.41, 5.74) is 7.49. The molecule has 2 aromatic carbocycles. The van der Waals surface area contributed by atoms with Crippen LogP contribution in [-0.4, -0.2) is 11.9 Å². The molecular weight excluding hydrogens is 384 g/mol. The number of hydrogen-bond acceptors (Lipinski definition) is 3. The number of nitrogens with one attached hydrogen (secondary N) is 2. The highest BCUT2D eigenvalue weighted by atomic mass is 79.9. The number of halogens is 1. The van der Waals surface area contributed by atoms with Crippen LogP contribution in [0, 0.1) is 11.3 Å². The summed E-state index contributed by atoms with van der Waals surface area (Å²) in [6.45, 7) is 0. The van der Waals surface area contributed by atoms with E-state index in [0.717, 1.165) is 15.6 Å². The molecule has 7 heteroatoms. The molecule has 0 spiro atoms. The molecule has 1 atom stereocenters. The SMILES string of the molecule is N#CCc1ccc(NC(=O)CC(NC(N)=O)c2cccc(Br)c2)cc1. The number of nitriles is 1. The Kier molecular flexibility index (Phi) is 6.54. The van der Waals surface area contributed by atoms with Crippen LogP contribution in [0.2, 0.25) is 0 Å². The highest BCUT2D eigenvalue weighted by molar-refractivity contribution is 9.10. The molecule has 2 aromatic rings. The van der Waals surface area contributed by atoms with Crippen LogP contribution in [-0.2, 0) is 11.2 Å². The molecule has 2 rings (SSSR count). The Balaban J connectivity index is 2.06. The zero-order valence-corrected chi connectivity index (χ0v) is 14.9. The Morgan fingerprint density at radius 2 is 1.92 bits per heavy atom. The third kappa shape index (κ3) is 5.94. The van der Waals surface area contributed by atoms with Crippen molar-refractivity contribution in [1.29, 1.82) is 5.26 Å². The average Bonchev–Trinajstić information content (AvgIpc) is 2.56. The minimum atomic E-state index is -0.696. The van der Waals surface area contributed by atoms with Gasteiger partial charge in [-0.3, -0.25) is 4.79 Å². The minimum absolute atomic E-state index is 0.0410. The molecule has 0 aliphatic heterocycles. The molecule has 0 radical (unpaired) electrons. The molecule has 128 valence electrons. The van der Waals surface area contributed by atoms with E-state index in [9.17, 15) is 9.59 Å². The molecule has 0 fully saturated rings. The smallest absolute Gasteiger partial charge is 0.312 e. The van der Waals surface area contributed by atoms with Gasteiger partial charge in [0.05, 0.1) is 25.0 Å². The number of rotatable bonds is 6. The van der Waals surface area contributed by atoms with Gasteiger partial charge in [-0.15, -0.1) is 0 Å². The van der Waals surface area contributed by atoms with Crippen LogP contribution in [0.5, 0.6) is 0 Å². The average molecular weight is 401 g/mol. The van der Waals surface area contributed by atoms with Crippen LogP contribution in [0.15, 0.2) is 53.0 Å². The third-order valence-electron chi connectivity index (χ3n) is 3.48. The fraction of sp³-hybridized carbons (Fsp3) is 0.167. The van der Waals surface area contributed by atoms with Gasteiger partial charge in [-0.05, 0) is 35.4 Å². The quantitative estimate of drug-likeness (QED) is 0.691. The monoisotopic (exact) mass is 400 g/mol. The first-order valence-corrected chi connectivity index (χ1v) is 8.34. The Morgan fingerprint density at radius 1 is 1.20 bits per heavy atom. The number of anilines is 1. The minimum Gasteiger partial charge on any atom is -0.352 e. The Bertz CT molecular complexity index is 799. The first-order valence-electron chi connectivity index (χ1n) is 7.55. The van der Waals surface area contributed by atoms with Gasteiger partial charge in [-0.1, -0.05) is 40.2 Å². The highest BCUT2D eigenvalue weighted by Crippen LogP contribution is 2.21. The van der Waals surface area contributed by atoms with E-state index in [4.69, 9.17) is 11.0 Å². The van der Waals surface area contributed by atoms with Gasteiger partial charge in [0.15, 0.2) is 0 Å². The lowest BCUT2D eigenvalue weighted by atomic mass is 10.0. The molecule has 0 aliphatic carbocycles. The molecule has 0 aromatic heterocycles. The van der Waals surface area contributed by atoms with Crippen molar-refractivity contribution >= 4 is 33.6 Å². The summed E-state index contributed by atoms with van der Waals surface area (Å²) in [5, 5.41) is 14.0. The van der Waals surface area contributed by atoms with Crippen LogP contribution in [0.4, 0.5) is 10.5 Å². The zero-order valence-electron chi connectivity index (χ0n) is 13.3. The normalized spacial score (nSPS) is 11.2. The fourth-order valence-corrected chi connectivity index (χ4v) is 2.76. The van der Waals surface area contributed by atoms with E-state index in [1.54, 1.807) is 24.3 Å². The van der Waals surface area contributed by atoms with Crippen LogP contribution in [0.25, 0.3) is 0 Å². The predicted octanol–water partition coefficient (Wildman–Crippen LogP) is 3.25. The van der Waals surface area contributed by atoms with Gasteiger partial charge in [-0.25, -0.2) is 4.79 Å². The molecule has 25 heavy (non-hydrogen) atoms. The Hall–Kier alpha value is -2.85. The standard InChI is InChI=1S/C18H17BrN4O2/c19-14-3-1-2-13(10-14)16(23-18(21)25)11-17(24)22-15-6-4-12(5-7-15)8-9-20/h1-7,10,16H,8,11H2,(H,22,24)(H3,21,23,25). The Morgan fingerprint density at radius 3 is 2.52 bits per heavy atom. The summed E-state index contributed by atoms with van der Waals surface area (Å²) in [6, 6.07) is 15.2. The second-order valence-corrected chi connectivity index (χ2v) is 6.32. The van der Waals surface area contributed by atoms with Gasteiger partial charge in [0, 0.05) is 10.2 Å². The van der Waals surface area contributed by atoms with Crippen molar-refractivity contribution < 1.29 is 9.59 Å². The Labute approximate surface area is 154 Å². The first kappa shape index (κ1) is 18.5. The van der Waals surface area contributed by atoms with Crippen molar-refractivity contribution in [2.24, 2.45) is 5.73 Å². The second kappa shape index (κ2) is 8.85. The summed E-state index contributed by atoms with van der Waals surface area (Å²) in [5.74, 6) is -0.258. The summed E-state index contributed by atoms with van der Waals surface area (Å²) < 4.78 is 0.842. The van der Waals surface area contributed by atoms with E-state index in [0.29, 0.717) is 12.1 Å². The molecule has 0 heterocycles. The van der Waals surface area contributed by atoms with Gasteiger partial charge >= 0.3 is 6.03 Å². The lowest BCUT2D eigenvalue weighted by molar-refractivity contribution is -0.116. The van der Waals surface area contributed by atoms with E-state index in [2.05, 4.69) is 32.6 Å². The number of nitrogens with two attached hydrogens (primary N) is 1. The van der Waals surface area contributed by atoms with Crippen LogP contribution < -0.4 is 16.4 Å². The van der Waals surface area contributed by atoms with Crippen LogP contribution in [0.3, 0.4) is 0 Å². The summed E-state index contributed by atoms with van der Waals surface area (Å²) >= 11 is 3.37. The number of primary amides is 1. The number of carbonyl (C=O) groups is 2. The van der Waals surface area contributed by atoms with Crippen molar-refractivity contribution in [3.8, 4) is 6.07 Å². The summed E-state index contributed by atoms with van der Waals surface area (Å²) in [4.78, 5) is 23.6. The second-order valence-electron chi connectivity index (χ2n) is 5.40. The molecule has 6 nitrogen and oxygen atoms in total. The third-order valence-corrected chi connectivity index (χ3v) is 3.97. The number of carbonyl (C=O) groups excluding carboxylic acids is 2. The number of amides is 3. The molecular formula is C18H17BrN4O2. The van der Waals surface area contributed by atoms with Crippen LogP contribution in [0.1, 0.15) is 23.6 Å². The molecule has 0 aliphatic rings. The zero-order chi connectivity index (χ0) is 18.2. The fourth-order valence-electron chi connectivity index (χ4n) is 2.34. The lowest BCUT2D eigenvalue weighted by Crippen LogP contribution is -2.35. The largest absolute Gasteiger partial charge is 0.352 e. The maximum Gasteiger partial charge on any atom is 0.312 e. The van der Waals surface area contributed by atoms with E-state index in [1.165, 1.54) is 0 Å². The van der Waals surface area contributed by atoms with Crippen molar-refractivity contribution in [3.05, 3.63) is 64.1 Å². The van der Waals surface area contributed by atoms with Crippen LogP contribution >= 0.6 is 15.9 Å². The molecule has 0 saturated heterocycles. The predicted molar refractivity (Wildman–Crippen MR) is 98.6 cm³/mol.